The van der Waals surface area contributed by atoms with Crippen molar-refractivity contribution >= 4 is 28.1 Å². The lowest BCUT2D eigenvalue weighted by molar-refractivity contribution is -0.136. The molecule has 4 heterocycles. The van der Waals surface area contributed by atoms with Crippen molar-refractivity contribution in [2.75, 3.05) is 5.73 Å². The Kier molecular flexibility index (Phi) is 2.62. The Hall–Kier alpha value is -3.10. The van der Waals surface area contributed by atoms with Crippen LogP contribution in [0.3, 0.4) is 0 Å². The van der Waals surface area contributed by atoms with Crippen LogP contribution < -0.4 is 5.73 Å². The molecule has 0 spiro atoms. The predicted molar refractivity (Wildman–Crippen MR) is 74.2 cm³/mol. The first-order chi connectivity index (χ1) is 10.9. The van der Waals surface area contributed by atoms with Gasteiger partial charge in [-0.25, -0.2) is 4.98 Å². The molecule has 0 bridgehead atoms. The number of pyridine rings is 2. The summed E-state index contributed by atoms with van der Waals surface area (Å²) in [5.74, 6) is -0.370. The van der Waals surface area contributed by atoms with E-state index in [1.165, 1.54) is 12.4 Å². The van der Waals surface area contributed by atoms with E-state index >= 15 is 0 Å². The van der Waals surface area contributed by atoms with Crippen molar-refractivity contribution in [3.63, 3.8) is 0 Å². The number of hydrogen-bond donors (Lipinski definition) is 1. The average molecular weight is 320 g/mol. The highest BCUT2D eigenvalue weighted by Crippen LogP contribution is 2.42. The lowest BCUT2D eigenvalue weighted by Crippen LogP contribution is -2.07. The molecule has 0 atom stereocenters. The minimum absolute atomic E-state index is 0.0268. The molecule has 0 saturated heterocycles. The number of aromatic nitrogens is 3. The van der Waals surface area contributed by atoms with Crippen molar-refractivity contribution < 1.29 is 22.1 Å². The van der Waals surface area contributed by atoms with E-state index in [2.05, 4.69) is 15.1 Å². The molecule has 0 radical (unpaired) electrons. The van der Waals surface area contributed by atoms with E-state index in [9.17, 15) is 13.2 Å². The molecule has 0 aromatic carbocycles. The van der Waals surface area contributed by atoms with Gasteiger partial charge in [-0.1, -0.05) is 5.16 Å². The van der Waals surface area contributed by atoms with Gasteiger partial charge >= 0.3 is 12.0 Å². The first kappa shape index (κ1) is 13.6. The largest absolute Gasteiger partial charge is 0.417 e. The minimum atomic E-state index is -4.62. The maximum Gasteiger partial charge on any atom is 0.417 e. The molecule has 0 unspecified atom stereocenters. The van der Waals surface area contributed by atoms with Gasteiger partial charge in [-0.05, 0) is 18.2 Å². The number of fused-ring (bicyclic) bond motifs is 3. The van der Waals surface area contributed by atoms with Gasteiger partial charge in [0.25, 0.3) is 0 Å². The third kappa shape index (κ3) is 2.00. The molecule has 0 aliphatic heterocycles. The molecule has 4 aromatic rings. The van der Waals surface area contributed by atoms with Crippen LogP contribution in [0.1, 0.15) is 5.56 Å². The number of rotatable bonds is 1. The Morgan fingerprint density at radius 1 is 1.09 bits per heavy atom. The molecule has 6 nitrogen and oxygen atoms in total. The highest BCUT2D eigenvalue weighted by Gasteiger charge is 2.36. The third-order valence-electron chi connectivity index (χ3n) is 3.39. The Morgan fingerprint density at radius 3 is 2.52 bits per heavy atom. The van der Waals surface area contributed by atoms with Crippen molar-refractivity contribution in [3.05, 3.63) is 36.2 Å². The number of halogens is 3. The van der Waals surface area contributed by atoms with E-state index in [1.54, 1.807) is 12.1 Å². The molecule has 0 aliphatic rings. The van der Waals surface area contributed by atoms with Crippen molar-refractivity contribution in [3.8, 4) is 11.3 Å². The number of nitrogens with two attached hydrogens (primary N) is 1. The van der Waals surface area contributed by atoms with Crippen LogP contribution in [0.25, 0.3) is 33.5 Å². The molecule has 2 N–H and O–H groups in total. The fraction of sp³-hybridized carbons (Fsp3) is 0.0714. The maximum atomic E-state index is 13.5. The van der Waals surface area contributed by atoms with Gasteiger partial charge in [0.05, 0.1) is 16.6 Å². The van der Waals surface area contributed by atoms with Crippen molar-refractivity contribution in [1.82, 2.24) is 15.1 Å². The van der Waals surface area contributed by atoms with Crippen LogP contribution >= 0.6 is 0 Å². The van der Waals surface area contributed by atoms with Crippen molar-refractivity contribution in [2.45, 2.75) is 6.18 Å². The van der Waals surface area contributed by atoms with Gasteiger partial charge in [0, 0.05) is 18.0 Å². The summed E-state index contributed by atoms with van der Waals surface area (Å²) in [6, 6.07) is 4.05. The van der Waals surface area contributed by atoms with Gasteiger partial charge in [-0.2, -0.15) is 13.2 Å². The van der Waals surface area contributed by atoms with Crippen LogP contribution in [0.4, 0.5) is 19.0 Å². The van der Waals surface area contributed by atoms with Crippen LogP contribution in [0.2, 0.25) is 0 Å². The van der Waals surface area contributed by atoms with Gasteiger partial charge in [0.2, 0.25) is 5.71 Å². The number of hydrogen-bond acceptors (Lipinski definition) is 6. The zero-order chi connectivity index (χ0) is 16.2. The van der Waals surface area contributed by atoms with Gasteiger partial charge in [0.1, 0.15) is 5.39 Å². The average Bonchev–Trinajstić information content (AvgIpc) is 3.06. The summed E-state index contributed by atoms with van der Waals surface area (Å²) in [5, 5.41) is 3.13. The van der Waals surface area contributed by atoms with E-state index in [0.29, 0.717) is 5.56 Å². The molecule has 9 heteroatoms. The molecule has 0 fully saturated rings. The van der Waals surface area contributed by atoms with Gasteiger partial charge < -0.3 is 14.7 Å². The number of furan rings is 1. The number of anilines is 1. The second-order valence-electron chi connectivity index (χ2n) is 4.80. The van der Waals surface area contributed by atoms with E-state index in [-0.39, 0.29) is 33.8 Å². The fourth-order valence-electron chi connectivity index (χ4n) is 2.41. The normalized spacial score (nSPS) is 12.3. The van der Waals surface area contributed by atoms with Crippen molar-refractivity contribution in [1.29, 1.82) is 0 Å². The Bertz CT molecular complexity index is 1020. The van der Waals surface area contributed by atoms with Gasteiger partial charge in [0.15, 0.2) is 5.82 Å². The van der Waals surface area contributed by atoms with Gasteiger partial charge in [-0.3, -0.25) is 4.98 Å². The Labute approximate surface area is 125 Å². The Morgan fingerprint density at radius 2 is 1.83 bits per heavy atom. The third-order valence-corrected chi connectivity index (χ3v) is 3.39. The number of alkyl halides is 3. The monoisotopic (exact) mass is 320 g/mol. The summed E-state index contributed by atoms with van der Waals surface area (Å²) in [6.45, 7) is 0. The molecule has 4 aromatic heterocycles. The smallest absolute Gasteiger partial charge is 0.404 e. The van der Waals surface area contributed by atoms with E-state index < -0.39 is 11.7 Å². The van der Waals surface area contributed by atoms with Crippen LogP contribution in [-0.4, -0.2) is 15.1 Å². The van der Waals surface area contributed by atoms with Crippen LogP contribution in [0.5, 0.6) is 0 Å². The molecule has 0 aliphatic carbocycles. The van der Waals surface area contributed by atoms with Crippen LogP contribution in [-0.2, 0) is 6.18 Å². The highest BCUT2D eigenvalue weighted by molar-refractivity contribution is 6.09. The number of nitrogen functional groups attached to an aromatic ring is 1. The van der Waals surface area contributed by atoms with Crippen LogP contribution in [0.15, 0.2) is 39.5 Å². The SMILES string of the molecule is Nc1noc2oc3nc(-c4ccncc4)cc(C(F)(F)F)c3c12. The summed E-state index contributed by atoms with van der Waals surface area (Å²) in [7, 11) is 0. The lowest BCUT2D eigenvalue weighted by atomic mass is 10.1. The summed E-state index contributed by atoms with van der Waals surface area (Å²) < 4.78 is 50.5. The zero-order valence-corrected chi connectivity index (χ0v) is 11.3. The summed E-state index contributed by atoms with van der Waals surface area (Å²) in [4.78, 5) is 7.96. The molecule has 23 heavy (non-hydrogen) atoms. The second-order valence-corrected chi connectivity index (χ2v) is 4.80. The molecule has 0 amide bonds. The highest BCUT2D eigenvalue weighted by atomic mass is 19.4. The van der Waals surface area contributed by atoms with Crippen LogP contribution in [0, 0.1) is 0 Å². The van der Waals surface area contributed by atoms with Gasteiger partial charge in [-0.15, -0.1) is 0 Å². The number of nitrogens with zero attached hydrogens (tertiary/aromatic N) is 3. The summed E-state index contributed by atoms with van der Waals surface area (Å²) in [5.41, 5.74) is 5.04. The quantitative estimate of drug-likeness (QED) is 0.576. The first-order valence-corrected chi connectivity index (χ1v) is 6.41. The first-order valence-electron chi connectivity index (χ1n) is 6.41. The standard InChI is InChI=1S/C14H7F3N4O2/c15-14(16,17)7-5-8(6-1-3-19-4-2-6)20-12-9(7)10-11(18)21-23-13(10)22-12/h1-5H,(H2,18,21). The molecular weight excluding hydrogens is 313 g/mol. The maximum absolute atomic E-state index is 13.5. The predicted octanol–water partition coefficient (Wildman–Crippen LogP) is 3.63. The van der Waals surface area contributed by atoms with E-state index in [4.69, 9.17) is 14.7 Å². The van der Waals surface area contributed by atoms with E-state index in [1.807, 2.05) is 0 Å². The lowest BCUT2D eigenvalue weighted by Gasteiger charge is -2.10. The Balaban J connectivity index is 2.12. The fourth-order valence-corrected chi connectivity index (χ4v) is 2.41. The van der Waals surface area contributed by atoms with E-state index in [0.717, 1.165) is 6.07 Å². The summed E-state index contributed by atoms with van der Waals surface area (Å²) >= 11 is 0. The van der Waals surface area contributed by atoms with Crippen molar-refractivity contribution in [2.24, 2.45) is 0 Å². The second kappa shape index (κ2) is 4.45. The zero-order valence-electron chi connectivity index (χ0n) is 11.3. The molecular formula is C14H7F3N4O2. The molecule has 116 valence electrons. The minimum Gasteiger partial charge on any atom is -0.404 e. The molecule has 0 saturated carbocycles. The summed E-state index contributed by atoms with van der Waals surface area (Å²) in [6.07, 6.45) is -1.70. The molecule has 4 rings (SSSR count). The topological polar surface area (TPSA) is 91.0 Å².